The molecule has 1 fully saturated rings. The second-order valence-corrected chi connectivity index (χ2v) is 10.2. The lowest BCUT2D eigenvalue weighted by Gasteiger charge is -2.35. The molecule has 0 radical (unpaired) electrons. The maximum absolute atomic E-state index is 13.0. The predicted octanol–water partition coefficient (Wildman–Crippen LogP) is 4.12. The molecule has 0 saturated carbocycles. The first-order chi connectivity index (χ1) is 14.7. The van der Waals surface area contributed by atoms with E-state index in [4.69, 9.17) is 0 Å². The van der Waals surface area contributed by atoms with E-state index in [0.717, 1.165) is 58.5 Å². The zero-order chi connectivity index (χ0) is 23.0. The van der Waals surface area contributed by atoms with Crippen LogP contribution in [-0.2, 0) is 19.8 Å². The minimum Gasteiger partial charge on any atom is -0.268 e. The predicted molar refractivity (Wildman–Crippen MR) is 120 cm³/mol. The Morgan fingerprint density at radius 1 is 0.935 bits per heavy atom. The lowest BCUT2D eigenvalue weighted by molar-refractivity contribution is -0.380. The molecule has 1 saturated heterocycles. The van der Waals surface area contributed by atoms with Crippen LogP contribution < -0.4 is 0 Å². The quantitative estimate of drug-likeness (QED) is 0.149. The summed E-state index contributed by atoms with van der Waals surface area (Å²) in [6.45, 7) is 4.06. The second-order valence-electron chi connectivity index (χ2n) is 7.37. The van der Waals surface area contributed by atoms with Gasteiger partial charge in [0.1, 0.15) is 5.57 Å². The van der Waals surface area contributed by atoms with Gasteiger partial charge in [-0.15, -0.1) is 0 Å². The fraction of sp³-hybridized carbons (Fsp3) is 0.600. The van der Waals surface area contributed by atoms with E-state index in [1.807, 2.05) is 13.8 Å². The highest BCUT2D eigenvalue weighted by molar-refractivity contribution is 7.88. The fourth-order valence-corrected chi connectivity index (χ4v) is 5.61. The first-order valence-electron chi connectivity index (χ1n) is 10.6. The zero-order valence-electron chi connectivity index (χ0n) is 17.9. The van der Waals surface area contributed by atoms with Gasteiger partial charge in [-0.1, -0.05) is 63.7 Å². The lowest BCUT2D eigenvalue weighted by Crippen LogP contribution is -2.56. The maximum Gasteiger partial charge on any atom is 0.331 e. The van der Waals surface area contributed by atoms with E-state index in [2.05, 4.69) is 0 Å². The molecular weight excluding hydrogens is 442 g/mol. The number of hydrogen-bond donors (Lipinski definition) is 0. The first kappa shape index (κ1) is 25.0. The number of nitro groups is 1. The number of carbonyl (C=O) groups is 2. The van der Waals surface area contributed by atoms with Crippen LogP contribution in [0.25, 0.3) is 6.08 Å². The smallest absolute Gasteiger partial charge is 0.268 e. The maximum atomic E-state index is 13.0. The minimum absolute atomic E-state index is 0.00182. The number of hydrogen-bond acceptors (Lipinski definition) is 7. The molecule has 0 unspecified atom stereocenters. The van der Waals surface area contributed by atoms with Crippen molar-refractivity contribution in [1.29, 1.82) is 0 Å². The van der Waals surface area contributed by atoms with Crippen molar-refractivity contribution in [2.24, 2.45) is 0 Å². The first-order valence-corrected chi connectivity index (χ1v) is 12.8. The van der Waals surface area contributed by atoms with Crippen molar-refractivity contribution in [3.05, 3.63) is 32.7 Å². The Balaban J connectivity index is 2.36. The van der Waals surface area contributed by atoms with Gasteiger partial charge in [0.15, 0.2) is 0 Å². The summed E-state index contributed by atoms with van der Waals surface area (Å²) in [4.78, 5) is 36.7. The van der Waals surface area contributed by atoms with Crippen LogP contribution in [0.15, 0.2) is 17.7 Å². The highest BCUT2D eigenvalue weighted by Gasteiger charge is 2.45. The Kier molecular flexibility index (Phi) is 9.17. The summed E-state index contributed by atoms with van der Waals surface area (Å²) in [5.74, 6) is -1.75. The van der Waals surface area contributed by atoms with Gasteiger partial charge in [0, 0.05) is 24.0 Å². The average Bonchev–Trinajstić information content (AvgIpc) is 3.19. The van der Waals surface area contributed by atoms with Crippen LogP contribution in [0.3, 0.4) is 0 Å². The highest BCUT2D eigenvalue weighted by atomic mass is 32.2. The number of nitrogens with zero attached hydrogens (tertiary/aromatic N) is 3. The van der Waals surface area contributed by atoms with Crippen molar-refractivity contribution >= 4 is 44.4 Å². The van der Waals surface area contributed by atoms with Gasteiger partial charge in [0.05, 0.1) is 4.92 Å². The summed E-state index contributed by atoms with van der Waals surface area (Å²) in [5.41, 5.74) is -0.280. The Morgan fingerprint density at radius 2 is 1.45 bits per heavy atom. The van der Waals surface area contributed by atoms with Crippen molar-refractivity contribution in [2.45, 2.75) is 65.2 Å². The molecular formula is C20H29N3O6S2. The minimum atomic E-state index is -4.25. The Hall–Kier alpha value is -2.27. The van der Waals surface area contributed by atoms with Crippen LogP contribution in [0.1, 0.15) is 70.1 Å². The van der Waals surface area contributed by atoms with Crippen molar-refractivity contribution in [2.75, 3.05) is 13.1 Å². The molecule has 0 bridgehead atoms. The largest absolute Gasteiger partial charge is 0.331 e. The third kappa shape index (κ3) is 6.13. The molecule has 1 aliphatic rings. The van der Waals surface area contributed by atoms with Crippen LogP contribution in [0.2, 0.25) is 0 Å². The van der Waals surface area contributed by atoms with E-state index >= 15 is 0 Å². The molecule has 0 N–H and O–H groups in total. The normalized spacial score (nSPS) is 16.1. The van der Waals surface area contributed by atoms with Crippen molar-refractivity contribution < 1.29 is 22.9 Å². The van der Waals surface area contributed by atoms with Gasteiger partial charge in [0.2, 0.25) is 0 Å². The molecule has 0 aromatic carbocycles. The van der Waals surface area contributed by atoms with Gasteiger partial charge in [0.25, 0.3) is 11.8 Å². The van der Waals surface area contributed by atoms with Gasteiger partial charge in [-0.05, 0) is 25.0 Å². The van der Waals surface area contributed by atoms with E-state index < -0.39 is 26.9 Å². The summed E-state index contributed by atoms with van der Waals surface area (Å²) in [6.07, 6.45) is 7.59. The molecule has 1 aromatic rings. The van der Waals surface area contributed by atoms with Crippen LogP contribution in [-0.4, -0.2) is 46.9 Å². The van der Waals surface area contributed by atoms with Crippen molar-refractivity contribution in [3.8, 4) is 0 Å². The molecule has 11 heteroatoms. The summed E-state index contributed by atoms with van der Waals surface area (Å²) in [7, 11) is -4.25. The van der Waals surface area contributed by atoms with Crippen molar-refractivity contribution in [3.63, 3.8) is 0 Å². The van der Waals surface area contributed by atoms with Gasteiger partial charge < -0.3 is 0 Å². The monoisotopic (exact) mass is 471 g/mol. The fourth-order valence-electron chi connectivity index (χ4n) is 3.27. The summed E-state index contributed by atoms with van der Waals surface area (Å²) < 4.78 is 27.6. The van der Waals surface area contributed by atoms with Crippen LogP contribution in [0.5, 0.6) is 0 Å². The molecule has 1 aliphatic heterocycles. The molecule has 1 aromatic heterocycles. The Labute approximate surface area is 187 Å². The molecule has 9 nitrogen and oxygen atoms in total. The van der Waals surface area contributed by atoms with Crippen LogP contribution in [0, 0.1) is 10.1 Å². The highest BCUT2D eigenvalue weighted by Crippen LogP contribution is 2.30. The van der Waals surface area contributed by atoms with Crippen molar-refractivity contribution in [1.82, 2.24) is 8.61 Å². The Bertz CT molecular complexity index is 898. The van der Waals surface area contributed by atoms with E-state index in [-0.39, 0.29) is 23.7 Å². The van der Waals surface area contributed by atoms with Gasteiger partial charge >= 0.3 is 15.2 Å². The third-order valence-corrected chi connectivity index (χ3v) is 7.77. The van der Waals surface area contributed by atoms with E-state index in [0.29, 0.717) is 17.7 Å². The number of amides is 2. The number of thiophene rings is 1. The number of unbranched alkanes of at least 4 members (excludes halogenated alkanes) is 6. The topological polar surface area (TPSA) is 118 Å². The number of carbonyl (C=O) groups excluding carboxylic acids is 2. The Morgan fingerprint density at radius 3 is 1.87 bits per heavy atom. The summed E-state index contributed by atoms with van der Waals surface area (Å²) in [6, 6.07) is 2.73. The van der Waals surface area contributed by atoms with Crippen LogP contribution >= 0.6 is 11.3 Å². The van der Waals surface area contributed by atoms with Crippen LogP contribution in [0.4, 0.5) is 5.00 Å². The molecule has 31 heavy (non-hydrogen) atoms. The molecule has 2 amide bonds. The number of rotatable bonds is 12. The molecule has 0 spiro atoms. The summed E-state index contributed by atoms with van der Waals surface area (Å²) in [5, 5.41) is 10.8. The van der Waals surface area contributed by atoms with E-state index in [9.17, 15) is 28.1 Å². The third-order valence-electron chi connectivity index (χ3n) is 4.98. The SMILES string of the molecule is CCCCCCN1C(=O)C(=Cc2ccc([N+](=O)[O-])s2)C(=O)N(CCCCCC)S1(=O)=O. The van der Waals surface area contributed by atoms with Gasteiger partial charge in [-0.25, -0.2) is 8.61 Å². The van der Waals surface area contributed by atoms with Gasteiger partial charge in [-0.3, -0.25) is 19.7 Å². The standard InChI is InChI=1S/C20H29N3O6S2/c1-3-5-7-9-13-21-19(24)17(15-16-11-12-18(30-16)23(26)27)20(25)22(31(21,28)29)14-10-8-6-4-2/h11-12,15H,3-10,13-14H2,1-2H3. The average molecular weight is 472 g/mol. The molecule has 2 rings (SSSR count). The molecule has 2 heterocycles. The second kappa shape index (κ2) is 11.4. The molecule has 0 aliphatic carbocycles. The van der Waals surface area contributed by atoms with Gasteiger partial charge in [-0.2, -0.15) is 8.42 Å². The molecule has 172 valence electrons. The lowest BCUT2D eigenvalue weighted by atomic mass is 10.1. The molecule has 0 atom stereocenters. The zero-order valence-corrected chi connectivity index (χ0v) is 19.5. The van der Waals surface area contributed by atoms with E-state index in [1.165, 1.54) is 18.2 Å². The van der Waals surface area contributed by atoms with E-state index in [1.54, 1.807) is 0 Å². The summed E-state index contributed by atoms with van der Waals surface area (Å²) >= 11 is 0.824.